The van der Waals surface area contributed by atoms with Crippen molar-refractivity contribution in [3.63, 3.8) is 0 Å². The van der Waals surface area contributed by atoms with Crippen LogP contribution in [0.3, 0.4) is 0 Å². The number of anilines is 1. The highest BCUT2D eigenvalue weighted by Crippen LogP contribution is 2.45. The average molecular weight is 515 g/mol. The van der Waals surface area contributed by atoms with Crippen LogP contribution in [0.5, 0.6) is 17.2 Å². The molecule has 1 amide bonds. The molecule has 1 N–H and O–H groups in total. The number of aromatic nitrogens is 1. The van der Waals surface area contributed by atoms with Gasteiger partial charge in [0.05, 0.1) is 40.4 Å². The fraction of sp³-hybridized carbons (Fsp3) is 0.179. The summed E-state index contributed by atoms with van der Waals surface area (Å²) in [5.41, 5.74) is 1.57. The Morgan fingerprint density at radius 3 is 2.65 bits per heavy atom. The molecule has 3 aromatic carbocycles. The molecular formula is C28H22N2O6S. The molecule has 9 heteroatoms. The van der Waals surface area contributed by atoms with E-state index in [1.54, 1.807) is 36.4 Å². The van der Waals surface area contributed by atoms with Crippen LogP contribution in [0.15, 0.2) is 69.9 Å². The number of phenols is 1. The monoisotopic (exact) mass is 514 g/mol. The van der Waals surface area contributed by atoms with Crippen LogP contribution in [0.4, 0.5) is 5.13 Å². The number of nitrogens with zero attached hydrogens (tertiary/aromatic N) is 2. The van der Waals surface area contributed by atoms with Gasteiger partial charge in [-0.15, -0.1) is 0 Å². The summed E-state index contributed by atoms with van der Waals surface area (Å²) in [6, 6.07) is 16.4. The molecule has 186 valence electrons. The molecule has 8 nitrogen and oxygen atoms in total. The molecule has 0 radical (unpaired) electrons. The molecule has 1 aliphatic heterocycles. The van der Waals surface area contributed by atoms with E-state index in [1.165, 1.54) is 22.3 Å². The predicted molar refractivity (Wildman–Crippen MR) is 141 cm³/mol. The van der Waals surface area contributed by atoms with E-state index in [-0.39, 0.29) is 28.3 Å². The molecule has 0 unspecified atom stereocenters. The van der Waals surface area contributed by atoms with Crippen LogP contribution in [-0.2, 0) is 0 Å². The first-order chi connectivity index (χ1) is 18.0. The van der Waals surface area contributed by atoms with Crippen LogP contribution in [0.1, 0.15) is 41.6 Å². The number of carbonyl (C=O) groups is 1. The van der Waals surface area contributed by atoms with E-state index in [1.807, 2.05) is 32.0 Å². The molecule has 0 bridgehead atoms. The number of para-hydroxylation sites is 1. The van der Waals surface area contributed by atoms with Crippen molar-refractivity contribution in [1.82, 2.24) is 4.98 Å². The number of carbonyl (C=O) groups excluding carboxylic acids is 1. The van der Waals surface area contributed by atoms with Crippen molar-refractivity contribution in [3.8, 4) is 17.2 Å². The highest BCUT2D eigenvalue weighted by molar-refractivity contribution is 7.22. The van der Waals surface area contributed by atoms with Crippen LogP contribution in [0.2, 0.25) is 0 Å². The number of aromatic hydroxyl groups is 1. The first-order valence-corrected chi connectivity index (χ1v) is 12.7. The Balaban J connectivity index is 1.59. The lowest BCUT2D eigenvalue weighted by molar-refractivity contribution is 0.0971. The normalized spacial score (nSPS) is 14.9. The van der Waals surface area contributed by atoms with Crippen molar-refractivity contribution in [1.29, 1.82) is 0 Å². The lowest BCUT2D eigenvalue weighted by atomic mass is 9.98. The molecule has 3 heterocycles. The largest absolute Gasteiger partial charge is 0.504 e. The van der Waals surface area contributed by atoms with Gasteiger partial charge in [-0.3, -0.25) is 14.5 Å². The van der Waals surface area contributed by atoms with Crippen molar-refractivity contribution in [2.45, 2.75) is 19.9 Å². The molecule has 37 heavy (non-hydrogen) atoms. The molecular weight excluding hydrogens is 492 g/mol. The molecule has 0 spiro atoms. The van der Waals surface area contributed by atoms with E-state index >= 15 is 0 Å². The minimum atomic E-state index is -0.824. The molecule has 0 saturated carbocycles. The van der Waals surface area contributed by atoms with Crippen LogP contribution >= 0.6 is 11.3 Å². The van der Waals surface area contributed by atoms with Crippen molar-refractivity contribution in [2.75, 3.05) is 18.1 Å². The summed E-state index contributed by atoms with van der Waals surface area (Å²) < 4.78 is 18.1. The lowest BCUT2D eigenvalue weighted by Gasteiger charge is -2.23. The number of phenolic OH excluding ortho intramolecular Hbond substituents is 1. The average Bonchev–Trinajstić information content (AvgIpc) is 3.44. The quantitative estimate of drug-likeness (QED) is 0.312. The minimum Gasteiger partial charge on any atom is -0.504 e. The van der Waals surface area contributed by atoms with Gasteiger partial charge in [-0.05, 0) is 61.9 Å². The van der Waals surface area contributed by atoms with Gasteiger partial charge < -0.3 is 19.0 Å². The fourth-order valence-electron chi connectivity index (χ4n) is 4.66. The lowest BCUT2D eigenvalue weighted by Crippen LogP contribution is -2.29. The second kappa shape index (κ2) is 8.94. The fourth-order valence-corrected chi connectivity index (χ4v) is 5.68. The third-order valence-electron chi connectivity index (χ3n) is 6.24. The summed E-state index contributed by atoms with van der Waals surface area (Å²) >= 11 is 1.32. The number of amides is 1. The number of fused-ring (bicyclic) bond motifs is 3. The van der Waals surface area contributed by atoms with E-state index in [0.29, 0.717) is 46.1 Å². The highest BCUT2D eigenvalue weighted by atomic mass is 32.1. The predicted octanol–water partition coefficient (Wildman–Crippen LogP) is 5.66. The third kappa shape index (κ3) is 3.70. The van der Waals surface area contributed by atoms with Gasteiger partial charge in [-0.2, -0.15) is 0 Å². The second-order valence-corrected chi connectivity index (χ2v) is 9.48. The van der Waals surface area contributed by atoms with Gasteiger partial charge in [0.1, 0.15) is 11.3 Å². The van der Waals surface area contributed by atoms with Crippen LogP contribution in [0.25, 0.3) is 21.2 Å². The summed E-state index contributed by atoms with van der Waals surface area (Å²) in [6.45, 7) is 4.59. The van der Waals surface area contributed by atoms with Gasteiger partial charge in [0, 0.05) is 0 Å². The maximum Gasteiger partial charge on any atom is 0.297 e. The Hall–Kier alpha value is -4.37. The van der Waals surface area contributed by atoms with Crippen LogP contribution in [-0.4, -0.2) is 29.2 Å². The summed E-state index contributed by atoms with van der Waals surface area (Å²) in [7, 11) is 0. The minimum absolute atomic E-state index is 0.0194. The zero-order chi connectivity index (χ0) is 25.7. The summed E-state index contributed by atoms with van der Waals surface area (Å²) in [4.78, 5) is 33.8. The van der Waals surface area contributed by atoms with Gasteiger partial charge in [-0.25, -0.2) is 4.98 Å². The number of rotatable bonds is 6. The molecule has 0 aliphatic carbocycles. The third-order valence-corrected chi connectivity index (χ3v) is 7.26. The van der Waals surface area contributed by atoms with Crippen molar-refractivity contribution in [3.05, 3.63) is 87.8 Å². The first kappa shape index (κ1) is 23.1. The Labute approximate surface area is 215 Å². The van der Waals surface area contributed by atoms with E-state index in [2.05, 4.69) is 0 Å². The Morgan fingerprint density at radius 1 is 1.03 bits per heavy atom. The molecule has 1 atom stereocenters. The Bertz CT molecular complexity index is 1740. The van der Waals surface area contributed by atoms with Crippen molar-refractivity contribution in [2.24, 2.45) is 0 Å². The van der Waals surface area contributed by atoms with Gasteiger partial charge in [0.25, 0.3) is 5.91 Å². The van der Waals surface area contributed by atoms with Crippen LogP contribution < -0.4 is 19.8 Å². The summed E-state index contributed by atoms with van der Waals surface area (Å²) in [5.74, 6) is 0.458. The van der Waals surface area contributed by atoms with Crippen molar-refractivity contribution < 1.29 is 23.8 Å². The molecule has 0 fully saturated rings. The van der Waals surface area contributed by atoms with E-state index in [9.17, 15) is 14.7 Å². The van der Waals surface area contributed by atoms with E-state index in [0.717, 1.165) is 4.70 Å². The van der Waals surface area contributed by atoms with Gasteiger partial charge in [0.2, 0.25) is 5.76 Å². The number of thiazole rings is 1. The van der Waals surface area contributed by atoms with E-state index in [4.69, 9.17) is 18.9 Å². The van der Waals surface area contributed by atoms with Gasteiger partial charge in [0.15, 0.2) is 22.1 Å². The highest BCUT2D eigenvalue weighted by Gasteiger charge is 2.45. The SMILES string of the molecule is CCOc1ccc2nc(N3C(=O)c4oc5ccccc5c(=O)c4[C@H]3c3ccc(O)c(OCC)c3)sc2c1. The topological polar surface area (TPSA) is 102 Å². The number of hydrogen-bond donors (Lipinski definition) is 1. The number of benzene rings is 3. The number of hydrogen-bond acceptors (Lipinski definition) is 8. The van der Waals surface area contributed by atoms with E-state index < -0.39 is 11.9 Å². The number of ether oxygens (including phenoxy) is 2. The Kier molecular flexibility index (Phi) is 5.57. The summed E-state index contributed by atoms with van der Waals surface area (Å²) in [5, 5.41) is 11.1. The molecule has 1 aliphatic rings. The standard InChI is InChI=1S/C28H22N2O6S/c1-3-34-16-10-11-18-22(14-16)37-28(29-18)30-24(15-9-12-19(31)21(13-15)35-4-2)23-25(32)17-7-5-6-8-20(17)36-26(23)27(30)33/h5-14,24,31H,3-4H2,1-2H3/t24-/m1/s1. The molecule has 5 aromatic rings. The molecule has 0 saturated heterocycles. The maximum absolute atomic E-state index is 13.9. The summed E-state index contributed by atoms with van der Waals surface area (Å²) in [6.07, 6.45) is 0. The molecule has 2 aromatic heterocycles. The maximum atomic E-state index is 13.9. The zero-order valence-corrected chi connectivity index (χ0v) is 20.9. The van der Waals surface area contributed by atoms with Crippen LogP contribution in [0, 0.1) is 0 Å². The first-order valence-electron chi connectivity index (χ1n) is 11.9. The smallest absolute Gasteiger partial charge is 0.297 e. The Morgan fingerprint density at radius 2 is 1.84 bits per heavy atom. The molecule has 6 rings (SSSR count). The zero-order valence-electron chi connectivity index (χ0n) is 20.1. The van der Waals surface area contributed by atoms with Gasteiger partial charge in [-0.1, -0.05) is 29.5 Å². The van der Waals surface area contributed by atoms with Gasteiger partial charge >= 0.3 is 0 Å². The van der Waals surface area contributed by atoms with Crippen molar-refractivity contribution >= 4 is 43.6 Å². The second-order valence-electron chi connectivity index (χ2n) is 8.47.